The Hall–Kier alpha value is -1.20. The van der Waals surface area contributed by atoms with Gasteiger partial charge >= 0.3 is 0 Å². The van der Waals surface area contributed by atoms with Gasteiger partial charge in [-0.1, -0.05) is 0 Å². The van der Waals surface area contributed by atoms with Gasteiger partial charge in [-0.25, -0.2) is 16.8 Å². The average molecular weight is 422 g/mol. The van der Waals surface area contributed by atoms with Crippen molar-refractivity contribution in [1.82, 2.24) is 5.32 Å². The lowest BCUT2D eigenvalue weighted by Gasteiger charge is -2.22. The van der Waals surface area contributed by atoms with Crippen molar-refractivity contribution in [3.05, 3.63) is 24.3 Å². The first-order chi connectivity index (χ1) is 12.6. The van der Waals surface area contributed by atoms with E-state index in [1.807, 2.05) is 13.8 Å². The number of sulfone groups is 2. The van der Waals surface area contributed by atoms with Crippen molar-refractivity contribution < 1.29 is 31.0 Å². The molecule has 1 N–H and O–H groups in total. The van der Waals surface area contributed by atoms with Gasteiger partial charge in [0.1, 0.15) is 5.75 Å². The van der Waals surface area contributed by atoms with Crippen LogP contribution in [0.1, 0.15) is 13.8 Å². The molecule has 8 nitrogen and oxygen atoms in total. The molecule has 0 unspecified atom stereocenters. The molecule has 0 bridgehead atoms. The first-order valence-corrected chi connectivity index (χ1v) is 12.0. The van der Waals surface area contributed by atoms with Gasteiger partial charge in [0.15, 0.2) is 26.0 Å². The van der Waals surface area contributed by atoms with Crippen LogP contribution in [0.4, 0.5) is 0 Å². The molecule has 2 rings (SSSR count). The van der Waals surface area contributed by atoms with E-state index in [2.05, 4.69) is 5.32 Å². The highest BCUT2D eigenvalue weighted by molar-refractivity contribution is 7.96. The molecule has 0 radical (unpaired) electrons. The van der Waals surface area contributed by atoms with Gasteiger partial charge in [0.25, 0.3) is 0 Å². The molecular formula is C17H27NO7S2. The lowest BCUT2D eigenvalue weighted by Crippen LogP contribution is -2.46. The lowest BCUT2D eigenvalue weighted by molar-refractivity contribution is -0.0995. The standard InChI is InChI=1S/C17H27NO7S2/c1-12(2)25-13-5-7-14(8-6-13)27(21,22)16-11-26(19,20)10-15(16)18-9-17(23-3)24-4/h5-8,12,15-18H,9-11H2,1-4H3/t15-,16-/m0/s1. The zero-order valence-electron chi connectivity index (χ0n) is 15.9. The molecule has 0 saturated carbocycles. The summed E-state index contributed by atoms with van der Waals surface area (Å²) in [5.74, 6) is -0.103. The molecule has 0 spiro atoms. The van der Waals surface area contributed by atoms with Crippen molar-refractivity contribution in [3.8, 4) is 5.75 Å². The van der Waals surface area contributed by atoms with Gasteiger partial charge in [-0.3, -0.25) is 0 Å². The fourth-order valence-electron chi connectivity index (χ4n) is 2.98. The SMILES string of the molecule is COC(CN[C@H]1CS(=O)(=O)C[C@@H]1S(=O)(=O)c1ccc(OC(C)C)cc1)OC. The summed E-state index contributed by atoms with van der Waals surface area (Å²) in [6, 6.07) is 5.30. The van der Waals surface area contributed by atoms with Crippen LogP contribution in [0.25, 0.3) is 0 Å². The maximum atomic E-state index is 13.0. The molecule has 0 amide bonds. The number of nitrogens with one attached hydrogen (secondary N) is 1. The van der Waals surface area contributed by atoms with E-state index in [0.717, 1.165) is 0 Å². The Kier molecular flexibility index (Phi) is 7.26. The Balaban J connectivity index is 2.22. The summed E-state index contributed by atoms with van der Waals surface area (Å²) in [5.41, 5.74) is 0. The van der Waals surface area contributed by atoms with Crippen LogP contribution >= 0.6 is 0 Å². The lowest BCUT2D eigenvalue weighted by atomic mass is 10.2. The van der Waals surface area contributed by atoms with E-state index >= 15 is 0 Å². The van der Waals surface area contributed by atoms with E-state index in [0.29, 0.717) is 5.75 Å². The number of hydrogen-bond donors (Lipinski definition) is 1. The first-order valence-electron chi connectivity index (χ1n) is 8.59. The Labute approximate surface area is 161 Å². The highest BCUT2D eigenvalue weighted by Gasteiger charge is 2.45. The third-order valence-corrected chi connectivity index (χ3v) is 8.46. The summed E-state index contributed by atoms with van der Waals surface area (Å²) < 4.78 is 65.9. The van der Waals surface area contributed by atoms with E-state index in [9.17, 15) is 16.8 Å². The molecule has 2 atom stereocenters. The Morgan fingerprint density at radius 3 is 2.22 bits per heavy atom. The molecule has 1 saturated heterocycles. The molecular weight excluding hydrogens is 394 g/mol. The van der Waals surface area contributed by atoms with Crippen molar-refractivity contribution in [1.29, 1.82) is 0 Å². The molecule has 10 heteroatoms. The van der Waals surface area contributed by atoms with Gasteiger partial charge in [-0.2, -0.15) is 0 Å². The van der Waals surface area contributed by atoms with E-state index in [4.69, 9.17) is 14.2 Å². The molecule has 154 valence electrons. The Bertz CT molecular complexity index is 815. The number of rotatable bonds is 9. The quantitative estimate of drug-likeness (QED) is 0.578. The van der Waals surface area contributed by atoms with Crippen molar-refractivity contribution in [2.75, 3.05) is 32.3 Å². The van der Waals surface area contributed by atoms with Gasteiger partial charge in [0, 0.05) is 26.8 Å². The van der Waals surface area contributed by atoms with E-state index < -0.39 is 43.0 Å². The summed E-state index contributed by atoms with van der Waals surface area (Å²) in [5, 5.41) is 1.89. The summed E-state index contributed by atoms with van der Waals surface area (Å²) in [6.07, 6.45) is -0.625. The summed E-state index contributed by atoms with van der Waals surface area (Å²) in [4.78, 5) is 0.0718. The summed E-state index contributed by atoms with van der Waals surface area (Å²) in [6.45, 7) is 3.93. The average Bonchev–Trinajstić information content (AvgIpc) is 2.91. The predicted octanol–water partition coefficient (Wildman–Crippen LogP) is 0.622. The van der Waals surface area contributed by atoms with Gasteiger partial charge in [0.2, 0.25) is 0 Å². The molecule has 1 fully saturated rings. The normalized spacial score (nSPS) is 22.4. The highest BCUT2D eigenvalue weighted by atomic mass is 32.2. The number of hydrogen-bond acceptors (Lipinski definition) is 8. The minimum atomic E-state index is -3.84. The van der Waals surface area contributed by atoms with Crippen molar-refractivity contribution in [2.45, 2.75) is 42.4 Å². The van der Waals surface area contributed by atoms with Crippen LogP contribution in [-0.2, 0) is 29.1 Å². The van der Waals surface area contributed by atoms with Crippen LogP contribution < -0.4 is 10.1 Å². The molecule has 1 aromatic rings. The third-order valence-electron chi connectivity index (χ3n) is 4.30. The Morgan fingerprint density at radius 2 is 1.70 bits per heavy atom. The zero-order valence-corrected chi connectivity index (χ0v) is 17.5. The second-order valence-corrected chi connectivity index (χ2v) is 11.0. The van der Waals surface area contributed by atoms with Gasteiger partial charge in [0.05, 0.1) is 27.8 Å². The van der Waals surface area contributed by atoms with E-state index in [1.165, 1.54) is 26.4 Å². The molecule has 0 aliphatic carbocycles. The van der Waals surface area contributed by atoms with Crippen molar-refractivity contribution >= 4 is 19.7 Å². The molecule has 0 aromatic heterocycles. The van der Waals surface area contributed by atoms with Gasteiger partial charge < -0.3 is 19.5 Å². The first kappa shape index (κ1) is 22.1. The second-order valence-electron chi connectivity index (χ2n) is 6.71. The highest BCUT2D eigenvalue weighted by Crippen LogP contribution is 2.27. The van der Waals surface area contributed by atoms with Gasteiger partial charge in [-0.15, -0.1) is 0 Å². The minimum Gasteiger partial charge on any atom is -0.491 e. The molecule has 1 aliphatic rings. The van der Waals surface area contributed by atoms with Crippen molar-refractivity contribution in [3.63, 3.8) is 0 Å². The van der Waals surface area contributed by atoms with Crippen LogP contribution in [0.5, 0.6) is 5.75 Å². The van der Waals surface area contributed by atoms with Crippen LogP contribution in [0.2, 0.25) is 0 Å². The second kappa shape index (κ2) is 8.87. The maximum absolute atomic E-state index is 13.0. The monoisotopic (exact) mass is 421 g/mol. The Morgan fingerprint density at radius 1 is 1.11 bits per heavy atom. The fraction of sp³-hybridized carbons (Fsp3) is 0.647. The molecule has 1 aliphatic heterocycles. The largest absolute Gasteiger partial charge is 0.491 e. The number of ether oxygens (including phenoxy) is 3. The van der Waals surface area contributed by atoms with Crippen molar-refractivity contribution in [2.24, 2.45) is 0 Å². The summed E-state index contributed by atoms with van der Waals surface area (Å²) in [7, 11) is -4.40. The zero-order chi connectivity index (χ0) is 20.2. The summed E-state index contributed by atoms with van der Waals surface area (Å²) >= 11 is 0. The fourth-order valence-corrected chi connectivity index (χ4v) is 7.69. The van der Waals surface area contributed by atoms with E-state index in [1.54, 1.807) is 12.1 Å². The number of methoxy groups -OCH3 is 2. The van der Waals surface area contributed by atoms with E-state index in [-0.39, 0.29) is 23.3 Å². The molecule has 27 heavy (non-hydrogen) atoms. The predicted molar refractivity (Wildman–Crippen MR) is 101 cm³/mol. The third kappa shape index (κ3) is 5.64. The topological polar surface area (TPSA) is 108 Å². The van der Waals surface area contributed by atoms with Crippen LogP contribution in [0, 0.1) is 0 Å². The minimum absolute atomic E-state index is 0.0319. The van der Waals surface area contributed by atoms with Crippen LogP contribution in [0.15, 0.2) is 29.2 Å². The maximum Gasteiger partial charge on any atom is 0.183 e. The smallest absolute Gasteiger partial charge is 0.183 e. The van der Waals surface area contributed by atoms with Crippen LogP contribution in [0.3, 0.4) is 0 Å². The van der Waals surface area contributed by atoms with Gasteiger partial charge in [-0.05, 0) is 38.1 Å². The molecule has 1 aromatic carbocycles. The van der Waals surface area contributed by atoms with Crippen LogP contribution in [-0.4, -0.2) is 72.8 Å². The number of benzene rings is 1. The molecule has 1 heterocycles.